The minimum atomic E-state index is -1.67. The molecule has 0 bridgehead atoms. The van der Waals surface area contributed by atoms with Crippen molar-refractivity contribution in [1.82, 2.24) is 15.3 Å². The Morgan fingerprint density at radius 3 is 2.65 bits per heavy atom. The molecule has 1 amide bonds. The van der Waals surface area contributed by atoms with Gasteiger partial charge in [0.2, 0.25) is 5.91 Å². The number of carbonyl (C=O) groups excluding carboxylic acids is 1. The number of aliphatic hydroxyl groups is 4. The molecule has 0 saturated carbocycles. The number of rotatable bonds is 6. The molecule has 9 heteroatoms. The Labute approximate surface area is 136 Å². The van der Waals surface area contributed by atoms with E-state index in [1.807, 2.05) is 0 Å². The van der Waals surface area contributed by atoms with E-state index in [9.17, 15) is 20.1 Å². The van der Waals surface area contributed by atoms with E-state index in [0.29, 0.717) is 16.1 Å². The van der Waals surface area contributed by atoms with E-state index < -0.39 is 36.9 Å². The highest BCUT2D eigenvalue weighted by atomic mass is 35.5. The summed E-state index contributed by atoms with van der Waals surface area (Å²) in [5.41, 5.74) is 1.15. The lowest BCUT2D eigenvalue weighted by atomic mass is 10.0. The summed E-state index contributed by atoms with van der Waals surface area (Å²) in [6, 6.07) is 3.84. The van der Waals surface area contributed by atoms with Crippen LogP contribution in [-0.2, 0) is 4.79 Å². The first kappa shape index (κ1) is 17.6. The number of benzene rings is 1. The lowest BCUT2D eigenvalue weighted by Crippen LogP contribution is -2.47. The fourth-order valence-corrected chi connectivity index (χ4v) is 2.38. The molecule has 0 aliphatic rings. The number of hydrogen-bond acceptors (Lipinski definition) is 6. The molecular weight excluding hydrogens is 326 g/mol. The van der Waals surface area contributed by atoms with Crippen molar-refractivity contribution in [3.8, 4) is 0 Å². The van der Waals surface area contributed by atoms with E-state index in [2.05, 4.69) is 15.3 Å². The first-order valence-electron chi connectivity index (χ1n) is 6.90. The van der Waals surface area contributed by atoms with Crippen LogP contribution in [0.25, 0.3) is 11.0 Å². The number of hydrogen-bond donors (Lipinski definition) is 6. The van der Waals surface area contributed by atoms with Crippen LogP contribution in [0, 0.1) is 0 Å². The summed E-state index contributed by atoms with van der Waals surface area (Å²) in [5.74, 6) is -0.271. The van der Waals surface area contributed by atoms with Crippen LogP contribution >= 0.6 is 11.6 Å². The molecular formula is C14H18ClN3O5. The summed E-state index contributed by atoms with van der Waals surface area (Å²) in [5, 5.41) is 41.4. The normalized spacial score (nSPS) is 16.8. The fraction of sp³-hybridized carbons (Fsp3) is 0.429. The number of nitrogens with one attached hydrogen (secondary N) is 2. The molecule has 23 heavy (non-hydrogen) atoms. The zero-order chi connectivity index (χ0) is 17.1. The van der Waals surface area contributed by atoms with Crippen molar-refractivity contribution in [2.45, 2.75) is 31.3 Å². The van der Waals surface area contributed by atoms with Gasteiger partial charge in [-0.25, -0.2) is 4.98 Å². The standard InChI is InChI=1S/C14H18ClN3O5/c1-6(20)16-11(13(23)12(22)10(21)5-19)14-17-8-3-2-7(15)4-9(8)18-14/h2-4,10-13,19,21-23H,5H2,1H3,(H,16,20)(H,17,18)/t10-,11-,12+,13-/m1/s1. The second-order valence-corrected chi connectivity index (χ2v) is 5.63. The molecule has 1 heterocycles. The van der Waals surface area contributed by atoms with Crippen molar-refractivity contribution in [3.05, 3.63) is 29.0 Å². The molecule has 4 atom stereocenters. The minimum Gasteiger partial charge on any atom is -0.394 e. The number of aromatic nitrogens is 2. The molecule has 0 unspecified atom stereocenters. The maximum atomic E-state index is 11.4. The van der Waals surface area contributed by atoms with Gasteiger partial charge in [-0.3, -0.25) is 4.79 Å². The van der Waals surface area contributed by atoms with Gasteiger partial charge in [-0.15, -0.1) is 0 Å². The molecule has 0 saturated heterocycles. The number of halogens is 1. The molecule has 1 aromatic carbocycles. The van der Waals surface area contributed by atoms with Crippen LogP contribution in [-0.4, -0.2) is 61.2 Å². The zero-order valence-electron chi connectivity index (χ0n) is 12.3. The molecule has 8 nitrogen and oxygen atoms in total. The predicted molar refractivity (Wildman–Crippen MR) is 82.8 cm³/mol. The van der Waals surface area contributed by atoms with Crippen molar-refractivity contribution < 1.29 is 25.2 Å². The van der Waals surface area contributed by atoms with Gasteiger partial charge < -0.3 is 30.7 Å². The van der Waals surface area contributed by atoms with Gasteiger partial charge in [-0.05, 0) is 18.2 Å². The van der Waals surface area contributed by atoms with E-state index in [1.54, 1.807) is 18.2 Å². The largest absolute Gasteiger partial charge is 0.394 e. The molecule has 126 valence electrons. The van der Waals surface area contributed by atoms with Crippen LogP contribution < -0.4 is 5.32 Å². The maximum absolute atomic E-state index is 11.4. The van der Waals surface area contributed by atoms with Gasteiger partial charge in [0.15, 0.2) is 0 Å². The maximum Gasteiger partial charge on any atom is 0.217 e. The molecule has 2 aromatic rings. The highest BCUT2D eigenvalue weighted by molar-refractivity contribution is 6.31. The Hall–Kier alpha value is -1.71. The molecule has 6 N–H and O–H groups in total. The van der Waals surface area contributed by atoms with E-state index in [0.717, 1.165) is 0 Å². The molecule has 1 aromatic heterocycles. The quantitative estimate of drug-likeness (QED) is 0.417. The molecule has 2 rings (SSSR count). The lowest BCUT2D eigenvalue weighted by Gasteiger charge is -2.28. The van der Waals surface area contributed by atoms with Gasteiger partial charge in [0.05, 0.1) is 17.6 Å². The Morgan fingerprint density at radius 2 is 2.04 bits per heavy atom. The van der Waals surface area contributed by atoms with Crippen LogP contribution in [0.1, 0.15) is 18.8 Å². The third kappa shape index (κ3) is 3.98. The zero-order valence-corrected chi connectivity index (χ0v) is 13.0. The van der Waals surface area contributed by atoms with Crippen LogP contribution in [0.2, 0.25) is 5.02 Å². The van der Waals surface area contributed by atoms with E-state index >= 15 is 0 Å². The molecule has 0 spiro atoms. The Morgan fingerprint density at radius 1 is 1.35 bits per heavy atom. The molecule has 0 fully saturated rings. The number of nitrogens with zero attached hydrogens (tertiary/aromatic N) is 1. The number of fused-ring (bicyclic) bond motifs is 1. The summed E-state index contributed by atoms with van der Waals surface area (Å²) >= 11 is 5.89. The summed E-state index contributed by atoms with van der Waals surface area (Å²) in [6.45, 7) is 0.509. The monoisotopic (exact) mass is 343 g/mol. The third-order valence-electron chi connectivity index (χ3n) is 3.39. The average Bonchev–Trinajstić information content (AvgIpc) is 2.92. The van der Waals surface area contributed by atoms with Gasteiger partial charge in [0.1, 0.15) is 30.2 Å². The number of imidazole rings is 1. The molecule has 0 aliphatic carbocycles. The minimum absolute atomic E-state index is 0.189. The first-order chi connectivity index (χ1) is 10.8. The Kier molecular flexibility index (Phi) is 5.55. The van der Waals surface area contributed by atoms with Gasteiger partial charge in [-0.1, -0.05) is 11.6 Å². The van der Waals surface area contributed by atoms with Crippen LogP contribution in [0.3, 0.4) is 0 Å². The van der Waals surface area contributed by atoms with Gasteiger partial charge in [0.25, 0.3) is 0 Å². The van der Waals surface area contributed by atoms with E-state index in [1.165, 1.54) is 6.92 Å². The molecule has 0 radical (unpaired) electrons. The SMILES string of the molecule is CC(=O)N[C@@H](c1nc2cc(Cl)ccc2[nH]1)[C@@H](O)[C@@H](O)[C@H](O)CO. The van der Waals surface area contributed by atoms with Crippen molar-refractivity contribution >= 4 is 28.5 Å². The summed E-state index contributed by atoms with van der Waals surface area (Å²) in [4.78, 5) is 18.6. The van der Waals surface area contributed by atoms with E-state index in [-0.39, 0.29) is 5.82 Å². The molecule has 0 aliphatic heterocycles. The number of H-pyrrole nitrogens is 1. The second kappa shape index (κ2) is 7.24. The number of aliphatic hydroxyl groups excluding tert-OH is 4. The van der Waals surface area contributed by atoms with Crippen molar-refractivity contribution in [2.24, 2.45) is 0 Å². The smallest absolute Gasteiger partial charge is 0.217 e. The van der Waals surface area contributed by atoms with Gasteiger partial charge in [-0.2, -0.15) is 0 Å². The highest BCUT2D eigenvalue weighted by Gasteiger charge is 2.34. The fourth-order valence-electron chi connectivity index (χ4n) is 2.21. The Bertz CT molecular complexity index is 692. The first-order valence-corrected chi connectivity index (χ1v) is 7.28. The van der Waals surface area contributed by atoms with Crippen molar-refractivity contribution in [2.75, 3.05) is 6.61 Å². The van der Waals surface area contributed by atoms with Crippen LogP contribution in [0.15, 0.2) is 18.2 Å². The number of aromatic amines is 1. The van der Waals surface area contributed by atoms with Crippen molar-refractivity contribution in [3.63, 3.8) is 0 Å². The predicted octanol–water partition coefficient (Wildman–Crippen LogP) is -0.532. The summed E-state index contributed by atoms with van der Waals surface area (Å²) in [6.07, 6.45) is -4.81. The summed E-state index contributed by atoms with van der Waals surface area (Å²) < 4.78 is 0. The Balaban J connectivity index is 2.37. The third-order valence-corrected chi connectivity index (χ3v) is 3.62. The second-order valence-electron chi connectivity index (χ2n) is 5.19. The van der Waals surface area contributed by atoms with Crippen LogP contribution in [0.4, 0.5) is 0 Å². The average molecular weight is 344 g/mol. The van der Waals surface area contributed by atoms with Crippen molar-refractivity contribution in [1.29, 1.82) is 0 Å². The van der Waals surface area contributed by atoms with Gasteiger partial charge >= 0.3 is 0 Å². The van der Waals surface area contributed by atoms with Gasteiger partial charge in [0, 0.05) is 11.9 Å². The summed E-state index contributed by atoms with van der Waals surface area (Å²) in [7, 11) is 0. The topological polar surface area (TPSA) is 139 Å². The van der Waals surface area contributed by atoms with Crippen LogP contribution in [0.5, 0.6) is 0 Å². The highest BCUT2D eigenvalue weighted by Crippen LogP contribution is 2.23. The lowest BCUT2D eigenvalue weighted by molar-refractivity contribution is -0.123. The number of carbonyl (C=O) groups is 1. The van der Waals surface area contributed by atoms with E-state index in [4.69, 9.17) is 16.7 Å². The number of amides is 1.